The van der Waals surface area contributed by atoms with Gasteiger partial charge in [-0.2, -0.15) is 0 Å². The lowest BCUT2D eigenvalue weighted by Crippen LogP contribution is -2.44. The first-order valence-electron chi connectivity index (χ1n) is 7.68. The zero-order valence-corrected chi connectivity index (χ0v) is 15.5. The Morgan fingerprint density at radius 1 is 1.13 bits per heavy atom. The average molecular weight is 362 g/mol. The van der Waals surface area contributed by atoms with Crippen LogP contribution in [0.3, 0.4) is 0 Å². The summed E-state index contributed by atoms with van der Waals surface area (Å²) in [5, 5.41) is 3.97. The number of carbonyl (C=O) groups excluding carboxylic acids is 1. The van der Waals surface area contributed by atoms with Gasteiger partial charge in [0.05, 0.1) is 6.54 Å². The molecule has 1 aromatic carbocycles. The van der Waals surface area contributed by atoms with Gasteiger partial charge in [0, 0.05) is 29.7 Å². The Hall–Kier alpha value is -1.17. The molecule has 0 fully saturated rings. The molecule has 0 spiro atoms. The van der Waals surface area contributed by atoms with Gasteiger partial charge in [0.15, 0.2) is 0 Å². The lowest BCUT2D eigenvalue weighted by atomic mass is 10.3. The summed E-state index contributed by atoms with van der Waals surface area (Å²) in [6.07, 6.45) is 0.893. The van der Waals surface area contributed by atoms with Gasteiger partial charge in [-0.05, 0) is 38.7 Å². The van der Waals surface area contributed by atoms with Crippen LogP contribution in [0.4, 0.5) is 4.79 Å². The fourth-order valence-corrected chi connectivity index (χ4v) is 2.47. The van der Waals surface area contributed by atoms with Crippen molar-refractivity contribution in [3.63, 3.8) is 0 Å². The van der Waals surface area contributed by atoms with Crippen LogP contribution < -0.4 is 10.1 Å². The van der Waals surface area contributed by atoms with Crippen molar-refractivity contribution in [3.8, 4) is 5.75 Å². The van der Waals surface area contributed by atoms with Crippen molar-refractivity contribution < 1.29 is 9.53 Å². The molecule has 1 aromatic rings. The zero-order valence-electron chi connectivity index (χ0n) is 13.9. The number of hydrogen-bond donors (Lipinski definition) is 1. The van der Waals surface area contributed by atoms with Gasteiger partial charge in [-0.15, -0.1) is 0 Å². The Balaban J connectivity index is 2.44. The van der Waals surface area contributed by atoms with E-state index in [-0.39, 0.29) is 6.03 Å². The van der Waals surface area contributed by atoms with E-state index in [9.17, 15) is 4.79 Å². The van der Waals surface area contributed by atoms with E-state index in [2.05, 4.69) is 5.32 Å². The van der Waals surface area contributed by atoms with Crippen LogP contribution in [0.25, 0.3) is 0 Å². The standard InChI is InChI=1S/C16H25Cl2N3O2/c1-4-6-21(16(22)19-5-7-20(2)3)8-9-23-15-11-13(17)10-14(18)12-15/h10-12H,4-9H2,1-3H3,(H,19,22). The van der Waals surface area contributed by atoms with Crippen molar-refractivity contribution in [2.24, 2.45) is 0 Å². The molecule has 0 bridgehead atoms. The van der Waals surface area contributed by atoms with E-state index in [4.69, 9.17) is 27.9 Å². The third kappa shape index (κ3) is 8.30. The van der Waals surface area contributed by atoms with Crippen LogP contribution >= 0.6 is 23.2 Å². The SMILES string of the molecule is CCCN(CCOc1cc(Cl)cc(Cl)c1)C(=O)NCCN(C)C. The fraction of sp³-hybridized carbons (Fsp3) is 0.562. The Morgan fingerprint density at radius 2 is 1.78 bits per heavy atom. The number of benzene rings is 1. The monoisotopic (exact) mass is 361 g/mol. The second-order valence-corrected chi connectivity index (χ2v) is 6.35. The molecule has 23 heavy (non-hydrogen) atoms. The number of likely N-dealkylation sites (N-methyl/N-ethyl adjacent to an activating group) is 1. The molecular weight excluding hydrogens is 337 g/mol. The maximum Gasteiger partial charge on any atom is 0.317 e. The molecule has 0 aromatic heterocycles. The van der Waals surface area contributed by atoms with E-state index in [1.807, 2.05) is 25.9 Å². The molecule has 0 atom stereocenters. The van der Waals surface area contributed by atoms with Crippen LogP contribution in [0.5, 0.6) is 5.75 Å². The number of ether oxygens (including phenoxy) is 1. The summed E-state index contributed by atoms with van der Waals surface area (Å²) < 4.78 is 5.64. The summed E-state index contributed by atoms with van der Waals surface area (Å²) in [6, 6.07) is 4.99. The number of urea groups is 1. The smallest absolute Gasteiger partial charge is 0.317 e. The topological polar surface area (TPSA) is 44.8 Å². The van der Waals surface area contributed by atoms with E-state index in [0.717, 1.165) is 13.0 Å². The van der Waals surface area contributed by atoms with Crippen LogP contribution in [0.1, 0.15) is 13.3 Å². The molecule has 130 valence electrons. The number of hydrogen-bond acceptors (Lipinski definition) is 3. The highest BCUT2D eigenvalue weighted by atomic mass is 35.5. The Bertz CT molecular complexity index is 478. The van der Waals surface area contributed by atoms with Crippen molar-refractivity contribution in [2.75, 3.05) is 46.9 Å². The van der Waals surface area contributed by atoms with Gasteiger partial charge in [0.25, 0.3) is 0 Å². The van der Waals surface area contributed by atoms with Crippen molar-refractivity contribution in [1.29, 1.82) is 0 Å². The number of nitrogens with one attached hydrogen (secondary N) is 1. The number of amides is 2. The van der Waals surface area contributed by atoms with Crippen LogP contribution in [-0.2, 0) is 0 Å². The summed E-state index contributed by atoms with van der Waals surface area (Å²) >= 11 is 11.9. The van der Waals surface area contributed by atoms with Gasteiger partial charge in [0.2, 0.25) is 0 Å². The summed E-state index contributed by atoms with van der Waals surface area (Å²) in [4.78, 5) is 15.9. The van der Waals surface area contributed by atoms with Gasteiger partial charge in [0.1, 0.15) is 12.4 Å². The average Bonchev–Trinajstić information content (AvgIpc) is 2.44. The van der Waals surface area contributed by atoms with E-state index in [0.29, 0.717) is 42.0 Å². The second-order valence-electron chi connectivity index (χ2n) is 5.48. The van der Waals surface area contributed by atoms with E-state index in [1.54, 1.807) is 23.1 Å². The molecule has 0 heterocycles. The van der Waals surface area contributed by atoms with Crippen LogP contribution in [0.2, 0.25) is 10.0 Å². The number of halogens is 2. The first-order valence-corrected chi connectivity index (χ1v) is 8.44. The minimum Gasteiger partial charge on any atom is -0.492 e. The Kier molecular flexibility index (Phi) is 9.14. The first kappa shape index (κ1) is 19.9. The highest BCUT2D eigenvalue weighted by molar-refractivity contribution is 6.34. The molecule has 0 unspecified atom stereocenters. The van der Waals surface area contributed by atoms with Crippen LogP contribution in [-0.4, -0.2) is 62.7 Å². The van der Waals surface area contributed by atoms with Crippen LogP contribution in [0.15, 0.2) is 18.2 Å². The molecular formula is C16H25Cl2N3O2. The molecule has 5 nitrogen and oxygen atoms in total. The molecule has 0 radical (unpaired) electrons. The molecule has 0 aliphatic heterocycles. The first-order chi connectivity index (χ1) is 10.9. The van der Waals surface area contributed by atoms with Gasteiger partial charge in [-0.25, -0.2) is 4.79 Å². The quantitative estimate of drug-likeness (QED) is 0.733. The van der Waals surface area contributed by atoms with Crippen molar-refractivity contribution in [3.05, 3.63) is 28.2 Å². The van der Waals surface area contributed by atoms with Gasteiger partial charge >= 0.3 is 6.03 Å². The molecule has 0 aliphatic rings. The van der Waals surface area contributed by atoms with E-state index in [1.165, 1.54) is 0 Å². The predicted molar refractivity (Wildman–Crippen MR) is 95.8 cm³/mol. The summed E-state index contributed by atoms with van der Waals surface area (Å²) in [6.45, 7) is 5.05. The molecule has 0 aliphatic carbocycles. The van der Waals surface area contributed by atoms with Crippen molar-refractivity contribution in [1.82, 2.24) is 15.1 Å². The lowest BCUT2D eigenvalue weighted by Gasteiger charge is -2.23. The zero-order chi connectivity index (χ0) is 17.2. The summed E-state index contributed by atoms with van der Waals surface area (Å²) in [7, 11) is 3.94. The Morgan fingerprint density at radius 3 is 2.35 bits per heavy atom. The largest absolute Gasteiger partial charge is 0.492 e. The third-order valence-electron chi connectivity index (χ3n) is 3.08. The van der Waals surface area contributed by atoms with Crippen molar-refractivity contribution in [2.45, 2.75) is 13.3 Å². The second kappa shape index (κ2) is 10.6. The lowest BCUT2D eigenvalue weighted by molar-refractivity contribution is 0.181. The third-order valence-corrected chi connectivity index (χ3v) is 3.52. The van der Waals surface area contributed by atoms with Crippen molar-refractivity contribution >= 4 is 29.2 Å². The normalized spacial score (nSPS) is 10.7. The van der Waals surface area contributed by atoms with Crippen LogP contribution in [0, 0.1) is 0 Å². The highest BCUT2D eigenvalue weighted by Crippen LogP contribution is 2.24. The molecule has 0 saturated heterocycles. The van der Waals surface area contributed by atoms with Gasteiger partial charge in [-0.3, -0.25) is 0 Å². The van der Waals surface area contributed by atoms with E-state index < -0.39 is 0 Å². The molecule has 7 heteroatoms. The summed E-state index contributed by atoms with van der Waals surface area (Å²) in [5.41, 5.74) is 0. The predicted octanol–water partition coefficient (Wildman–Crippen LogP) is 3.36. The van der Waals surface area contributed by atoms with Gasteiger partial charge < -0.3 is 19.9 Å². The highest BCUT2D eigenvalue weighted by Gasteiger charge is 2.12. The minimum atomic E-state index is -0.0681. The molecule has 1 N–H and O–H groups in total. The summed E-state index contributed by atoms with van der Waals surface area (Å²) in [5.74, 6) is 0.604. The number of carbonyl (C=O) groups is 1. The minimum absolute atomic E-state index is 0.0681. The fourth-order valence-electron chi connectivity index (χ4n) is 1.97. The molecule has 2 amide bonds. The maximum atomic E-state index is 12.2. The number of rotatable bonds is 9. The number of nitrogens with zero attached hydrogens (tertiary/aromatic N) is 2. The maximum absolute atomic E-state index is 12.2. The Labute approximate surface area is 148 Å². The van der Waals surface area contributed by atoms with E-state index >= 15 is 0 Å². The van der Waals surface area contributed by atoms with Gasteiger partial charge in [-0.1, -0.05) is 30.1 Å². The molecule has 1 rings (SSSR count). The molecule has 0 saturated carbocycles.